The van der Waals surface area contributed by atoms with Gasteiger partial charge in [0.25, 0.3) is 0 Å². The van der Waals surface area contributed by atoms with Crippen LogP contribution in [0.5, 0.6) is 0 Å². The highest BCUT2D eigenvalue weighted by Crippen LogP contribution is 2.03. The fraction of sp³-hybridized carbons (Fsp3) is 0.733. The SMILES string of the molecule is CN=C(NCCC(C)C)NCc1nccn1CC(C)C.I. The molecule has 1 rings (SSSR count). The van der Waals surface area contributed by atoms with Crippen molar-refractivity contribution in [3.05, 3.63) is 18.2 Å². The Morgan fingerprint density at radius 3 is 2.52 bits per heavy atom. The van der Waals surface area contributed by atoms with Gasteiger partial charge in [0.15, 0.2) is 5.96 Å². The molecular formula is C15H30IN5. The van der Waals surface area contributed by atoms with Crippen molar-refractivity contribution >= 4 is 29.9 Å². The monoisotopic (exact) mass is 407 g/mol. The quantitative estimate of drug-likeness (QED) is 0.415. The molecule has 1 aromatic heterocycles. The zero-order valence-electron chi connectivity index (χ0n) is 13.9. The third-order valence-electron chi connectivity index (χ3n) is 3.02. The summed E-state index contributed by atoms with van der Waals surface area (Å²) in [5, 5.41) is 6.64. The van der Waals surface area contributed by atoms with E-state index >= 15 is 0 Å². The molecule has 122 valence electrons. The molecular weight excluding hydrogens is 377 g/mol. The second-order valence-electron chi connectivity index (χ2n) is 5.92. The summed E-state index contributed by atoms with van der Waals surface area (Å²) in [7, 11) is 1.80. The normalized spacial score (nSPS) is 11.7. The fourth-order valence-electron chi connectivity index (χ4n) is 1.93. The summed E-state index contributed by atoms with van der Waals surface area (Å²) >= 11 is 0. The number of nitrogens with one attached hydrogen (secondary N) is 2. The molecule has 0 saturated carbocycles. The number of aliphatic imine (C=N–C) groups is 1. The van der Waals surface area contributed by atoms with Crippen molar-refractivity contribution in [3.8, 4) is 0 Å². The summed E-state index contributed by atoms with van der Waals surface area (Å²) in [4.78, 5) is 8.63. The van der Waals surface area contributed by atoms with Gasteiger partial charge in [-0.3, -0.25) is 4.99 Å². The third kappa shape index (κ3) is 8.28. The molecule has 0 bridgehead atoms. The van der Waals surface area contributed by atoms with Crippen molar-refractivity contribution in [1.29, 1.82) is 0 Å². The molecule has 0 fully saturated rings. The second kappa shape index (κ2) is 10.9. The molecule has 2 N–H and O–H groups in total. The molecule has 0 aliphatic heterocycles. The summed E-state index contributed by atoms with van der Waals surface area (Å²) in [6.45, 7) is 11.5. The van der Waals surface area contributed by atoms with E-state index in [-0.39, 0.29) is 24.0 Å². The summed E-state index contributed by atoms with van der Waals surface area (Å²) in [6, 6.07) is 0. The molecule has 0 radical (unpaired) electrons. The van der Waals surface area contributed by atoms with Crippen LogP contribution in [0.1, 0.15) is 39.9 Å². The molecule has 1 aromatic rings. The number of hydrogen-bond donors (Lipinski definition) is 2. The molecule has 6 heteroatoms. The van der Waals surface area contributed by atoms with Gasteiger partial charge >= 0.3 is 0 Å². The van der Waals surface area contributed by atoms with Crippen molar-refractivity contribution < 1.29 is 0 Å². The predicted octanol–water partition coefficient (Wildman–Crippen LogP) is 2.87. The Kier molecular flexibility index (Phi) is 10.5. The maximum absolute atomic E-state index is 4.40. The van der Waals surface area contributed by atoms with Crippen molar-refractivity contribution in [2.24, 2.45) is 16.8 Å². The van der Waals surface area contributed by atoms with Gasteiger partial charge in [-0.05, 0) is 18.3 Å². The summed E-state index contributed by atoms with van der Waals surface area (Å²) < 4.78 is 2.19. The number of hydrogen-bond acceptors (Lipinski definition) is 2. The zero-order chi connectivity index (χ0) is 15.0. The van der Waals surface area contributed by atoms with E-state index in [2.05, 4.69) is 52.9 Å². The van der Waals surface area contributed by atoms with Crippen LogP contribution in [0.15, 0.2) is 17.4 Å². The largest absolute Gasteiger partial charge is 0.356 e. The van der Waals surface area contributed by atoms with Crippen molar-refractivity contribution in [2.45, 2.75) is 47.2 Å². The second-order valence-corrected chi connectivity index (χ2v) is 5.92. The number of rotatable bonds is 7. The van der Waals surface area contributed by atoms with Gasteiger partial charge in [0, 0.05) is 32.5 Å². The first-order valence-electron chi connectivity index (χ1n) is 7.47. The van der Waals surface area contributed by atoms with Gasteiger partial charge < -0.3 is 15.2 Å². The minimum atomic E-state index is 0. The van der Waals surface area contributed by atoms with Crippen LogP contribution in [0, 0.1) is 11.8 Å². The van der Waals surface area contributed by atoms with Crippen LogP contribution in [-0.4, -0.2) is 29.1 Å². The van der Waals surface area contributed by atoms with Gasteiger partial charge in [-0.15, -0.1) is 24.0 Å². The van der Waals surface area contributed by atoms with E-state index in [0.717, 1.165) is 31.3 Å². The van der Waals surface area contributed by atoms with Gasteiger partial charge in [0.1, 0.15) is 5.82 Å². The summed E-state index contributed by atoms with van der Waals surface area (Å²) in [5.41, 5.74) is 0. The maximum Gasteiger partial charge on any atom is 0.191 e. The Balaban J connectivity index is 0.00000400. The number of imidazole rings is 1. The smallest absolute Gasteiger partial charge is 0.191 e. The first-order valence-corrected chi connectivity index (χ1v) is 7.47. The number of nitrogens with zero attached hydrogens (tertiary/aromatic N) is 3. The Bertz CT molecular complexity index is 412. The Labute approximate surface area is 146 Å². The standard InChI is InChI=1S/C15H29N5.HI/c1-12(2)6-7-18-15(16-5)19-10-14-17-8-9-20(14)11-13(3)4;/h8-9,12-13H,6-7,10-11H2,1-5H3,(H2,16,18,19);1H. The van der Waals surface area contributed by atoms with Crippen LogP contribution in [0.3, 0.4) is 0 Å². The lowest BCUT2D eigenvalue weighted by Gasteiger charge is -2.14. The van der Waals surface area contributed by atoms with Crippen LogP contribution in [0.25, 0.3) is 0 Å². The maximum atomic E-state index is 4.40. The van der Waals surface area contributed by atoms with Crippen molar-refractivity contribution in [2.75, 3.05) is 13.6 Å². The van der Waals surface area contributed by atoms with E-state index in [1.165, 1.54) is 0 Å². The van der Waals surface area contributed by atoms with E-state index in [1.807, 2.05) is 12.4 Å². The van der Waals surface area contributed by atoms with Gasteiger partial charge in [-0.2, -0.15) is 0 Å². The summed E-state index contributed by atoms with van der Waals surface area (Å²) in [5.74, 6) is 3.20. The van der Waals surface area contributed by atoms with Crippen LogP contribution in [0.2, 0.25) is 0 Å². The van der Waals surface area contributed by atoms with Gasteiger partial charge in [-0.25, -0.2) is 4.98 Å². The lowest BCUT2D eigenvalue weighted by Crippen LogP contribution is -2.38. The molecule has 5 nitrogen and oxygen atoms in total. The lowest BCUT2D eigenvalue weighted by molar-refractivity contribution is 0.503. The van der Waals surface area contributed by atoms with Crippen molar-refractivity contribution in [1.82, 2.24) is 20.2 Å². The topological polar surface area (TPSA) is 54.2 Å². The Morgan fingerprint density at radius 1 is 1.24 bits per heavy atom. The Hall–Kier alpha value is -0.790. The van der Waals surface area contributed by atoms with Gasteiger partial charge in [0.2, 0.25) is 0 Å². The van der Waals surface area contributed by atoms with Crippen LogP contribution in [-0.2, 0) is 13.1 Å². The zero-order valence-corrected chi connectivity index (χ0v) is 16.2. The fourth-order valence-corrected chi connectivity index (χ4v) is 1.93. The first kappa shape index (κ1) is 20.2. The first-order chi connectivity index (χ1) is 9.52. The molecule has 0 spiro atoms. The third-order valence-corrected chi connectivity index (χ3v) is 3.02. The van der Waals surface area contributed by atoms with Gasteiger partial charge in [0.05, 0.1) is 6.54 Å². The molecule has 0 aliphatic carbocycles. The molecule has 0 aromatic carbocycles. The Morgan fingerprint density at radius 2 is 1.95 bits per heavy atom. The average Bonchev–Trinajstić information content (AvgIpc) is 2.79. The van der Waals surface area contributed by atoms with Crippen LogP contribution in [0.4, 0.5) is 0 Å². The van der Waals surface area contributed by atoms with E-state index in [1.54, 1.807) is 7.05 Å². The van der Waals surface area contributed by atoms with E-state index < -0.39 is 0 Å². The number of halogens is 1. The highest BCUT2D eigenvalue weighted by Gasteiger charge is 2.05. The molecule has 0 atom stereocenters. The average molecular weight is 407 g/mol. The molecule has 21 heavy (non-hydrogen) atoms. The molecule has 0 unspecified atom stereocenters. The van der Waals surface area contributed by atoms with Gasteiger partial charge in [-0.1, -0.05) is 27.7 Å². The summed E-state index contributed by atoms with van der Waals surface area (Å²) in [6.07, 6.45) is 5.03. The minimum absolute atomic E-state index is 0. The number of aromatic nitrogens is 2. The predicted molar refractivity (Wildman–Crippen MR) is 100 cm³/mol. The highest BCUT2D eigenvalue weighted by molar-refractivity contribution is 14.0. The van der Waals surface area contributed by atoms with Crippen LogP contribution < -0.4 is 10.6 Å². The molecule has 0 saturated heterocycles. The van der Waals surface area contributed by atoms with E-state index in [9.17, 15) is 0 Å². The molecule has 0 aliphatic rings. The lowest BCUT2D eigenvalue weighted by atomic mass is 10.1. The number of guanidine groups is 1. The van der Waals surface area contributed by atoms with Crippen molar-refractivity contribution in [3.63, 3.8) is 0 Å². The molecule has 1 heterocycles. The van der Waals surface area contributed by atoms with E-state index in [0.29, 0.717) is 18.4 Å². The highest BCUT2D eigenvalue weighted by atomic mass is 127. The van der Waals surface area contributed by atoms with E-state index in [4.69, 9.17) is 0 Å². The molecule has 0 amide bonds. The van der Waals surface area contributed by atoms with Crippen LogP contribution >= 0.6 is 24.0 Å². The minimum Gasteiger partial charge on any atom is -0.356 e.